The molecule has 0 saturated heterocycles. The van der Waals surface area contributed by atoms with Gasteiger partial charge < -0.3 is 4.57 Å². The lowest BCUT2D eigenvalue weighted by Gasteiger charge is -2.33. The van der Waals surface area contributed by atoms with Gasteiger partial charge in [-0.1, -0.05) is 186 Å². The van der Waals surface area contributed by atoms with Crippen molar-refractivity contribution in [1.29, 1.82) is 0 Å². The van der Waals surface area contributed by atoms with Crippen molar-refractivity contribution in [1.82, 2.24) is 4.57 Å². The van der Waals surface area contributed by atoms with Crippen molar-refractivity contribution in [3.05, 3.63) is 92.9 Å². The molecule has 0 fully saturated rings. The molecule has 1 nitrogen and oxygen atoms in total. The standard InChI is InChI=1S/C49H63Br2N/c1-4-7-10-13-16-19-30-49(31-20-17-14-11-8-5-2)45-34-38(22-26-41(45)42-27-24-40(51)36-46(42)49)37-23-28-47-43(33-37)44-35-39(50)25-29-48(44)52(47)32-21-18-15-12-9-6-3/h22-29,33-36H,4-21,30-32H2,1-3H3. The number of rotatable bonds is 22. The summed E-state index contributed by atoms with van der Waals surface area (Å²) in [6.07, 6.45) is 26.5. The van der Waals surface area contributed by atoms with Crippen molar-refractivity contribution in [3.63, 3.8) is 0 Å². The fourth-order valence-corrected chi connectivity index (χ4v) is 9.99. The van der Waals surface area contributed by atoms with Crippen LogP contribution in [0.15, 0.2) is 81.7 Å². The molecule has 0 aliphatic heterocycles. The van der Waals surface area contributed by atoms with E-state index < -0.39 is 0 Å². The van der Waals surface area contributed by atoms with Crippen molar-refractivity contribution in [2.45, 2.75) is 161 Å². The summed E-state index contributed by atoms with van der Waals surface area (Å²) in [6.45, 7) is 8.03. The van der Waals surface area contributed by atoms with Gasteiger partial charge in [-0.3, -0.25) is 0 Å². The Morgan fingerprint density at radius 3 is 1.52 bits per heavy atom. The number of nitrogens with zero attached hydrogens (tertiary/aromatic N) is 1. The van der Waals surface area contributed by atoms with Gasteiger partial charge in [0, 0.05) is 42.7 Å². The average molecular weight is 826 g/mol. The predicted octanol–water partition coefficient (Wildman–Crippen LogP) is 17.1. The second-order valence-electron chi connectivity index (χ2n) is 15.9. The van der Waals surface area contributed by atoms with Gasteiger partial charge in [0.05, 0.1) is 0 Å². The molecule has 0 N–H and O–H groups in total. The summed E-state index contributed by atoms with van der Waals surface area (Å²) in [5.41, 5.74) is 11.5. The van der Waals surface area contributed by atoms with Crippen LogP contribution in [0, 0.1) is 0 Å². The number of aromatic nitrogens is 1. The Balaban J connectivity index is 1.36. The second-order valence-corrected chi connectivity index (χ2v) is 17.7. The minimum atomic E-state index is 0.0715. The third kappa shape index (κ3) is 8.94. The molecule has 5 aromatic rings. The van der Waals surface area contributed by atoms with E-state index in [0.29, 0.717) is 0 Å². The zero-order valence-corrected chi connectivity index (χ0v) is 35.7. The summed E-state index contributed by atoms with van der Waals surface area (Å²) >= 11 is 7.71. The van der Waals surface area contributed by atoms with Crippen LogP contribution in [0.5, 0.6) is 0 Å². The molecule has 0 atom stereocenters. The van der Waals surface area contributed by atoms with Crippen LogP contribution in [0.3, 0.4) is 0 Å². The molecular formula is C49H63Br2N. The third-order valence-corrected chi connectivity index (χ3v) is 13.1. The molecule has 278 valence electrons. The Morgan fingerprint density at radius 1 is 0.442 bits per heavy atom. The van der Waals surface area contributed by atoms with Crippen molar-refractivity contribution in [2.24, 2.45) is 0 Å². The molecule has 0 unspecified atom stereocenters. The molecule has 1 heterocycles. The van der Waals surface area contributed by atoms with Gasteiger partial charge >= 0.3 is 0 Å². The van der Waals surface area contributed by atoms with Crippen molar-refractivity contribution < 1.29 is 0 Å². The zero-order chi connectivity index (χ0) is 36.3. The van der Waals surface area contributed by atoms with Crippen LogP contribution < -0.4 is 0 Å². The number of hydrogen-bond acceptors (Lipinski definition) is 0. The van der Waals surface area contributed by atoms with Crippen LogP contribution in [0.2, 0.25) is 0 Å². The lowest BCUT2D eigenvalue weighted by molar-refractivity contribution is 0.398. The van der Waals surface area contributed by atoms with E-state index in [1.807, 2.05) is 0 Å². The summed E-state index contributed by atoms with van der Waals surface area (Å²) in [6, 6.07) is 28.8. The van der Waals surface area contributed by atoms with Crippen molar-refractivity contribution in [3.8, 4) is 22.3 Å². The van der Waals surface area contributed by atoms with E-state index >= 15 is 0 Å². The van der Waals surface area contributed by atoms with Gasteiger partial charge in [0.15, 0.2) is 0 Å². The molecule has 52 heavy (non-hydrogen) atoms. The summed E-state index contributed by atoms with van der Waals surface area (Å²) < 4.78 is 4.95. The van der Waals surface area contributed by atoms with Crippen LogP contribution in [-0.4, -0.2) is 4.57 Å². The number of halogens is 2. The predicted molar refractivity (Wildman–Crippen MR) is 236 cm³/mol. The van der Waals surface area contributed by atoms with Crippen LogP contribution in [-0.2, 0) is 12.0 Å². The van der Waals surface area contributed by atoms with E-state index in [1.165, 1.54) is 177 Å². The number of hydrogen-bond donors (Lipinski definition) is 0. The highest BCUT2D eigenvalue weighted by molar-refractivity contribution is 9.10. The third-order valence-electron chi connectivity index (χ3n) is 12.1. The summed E-state index contributed by atoms with van der Waals surface area (Å²) in [7, 11) is 0. The van der Waals surface area contributed by atoms with E-state index in [0.717, 1.165) is 11.0 Å². The van der Waals surface area contributed by atoms with Gasteiger partial charge in [0.2, 0.25) is 0 Å². The largest absolute Gasteiger partial charge is 0.340 e. The lowest BCUT2D eigenvalue weighted by atomic mass is 9.70. The number of unbranched alkanes of at least 4 members (excludes halogenated alkanes) is 15. The highest BCUT2D eigenvalue weighted by Crippen LogP contribution is 2.55. The highest BCUT2D eigenvalue weighted by atomic mass is 79.9. The lowest BCUT2D eigenvalue weighted by Crippen LogP contribution is -2.25. The number of fused-ring (bicyclic) bond motifs is 6. The fraction of sp³-hybridized carbons (Fsp3) is 0.510. The Morgan fingerprint density at radius 2 is 0.885 bits per heavy atom. The van der Waals surface area contributed by atoms with Gasteiger partial charge in [-0.15, -0.1) is 0 Å². The van der Waals surface area contributed by atoms with Crippen LogP contribution in [0.25, 0.3) is 44.1 Å². The van der Waals surface area contributed by atoms with Crippen LogP contribution in [0.1, 0.15) is 160 Å². The first-order chi connectivity index (χ1) is 25.5. The molecule has 0 spiro atoms. The molecule has 4 aromatic carbocycles. The monoisotopic (exact) mass is 823 g/mol. The van der Waals surface area contributed by atoms with E-state index in [2.05, 4.69) is 130 Å². The van der Waals surface area contributed by atoms with Crippen molar-refractivity contribution >= 4 is 53.7 Å². The normalized spacial score (nSPS) is 13.3. The number of benzene rings is 4. The minimum absolute atomic E-state index is 0.0715. The Kier molecular flexibility index (Phi) is 14.6. The van der Waals surface area contributed by atoms with E-state index in [1.54, 1.807) is 11.1 Å². The average Bonchev–Trinajstić information content (AvgIpc) is 3.60. The smallest absolute Gasteiger partial charge is 0.0492 e. The van der Waals surface area contributed by atoms with Crippen LogP contribution in [0.4, 0.5) is 0 Å². The van der Waals surface area contributed by atoms with Crippen LogP contribution >= 0.6 is 31.9 Å². The first-order valence-electron chi connectivity index (χ1n) is 21.2. The van der Waals surface area contributed by atoms with Gasteiger partial charge in [0.25, 0.3) is 0 Å². The van der Waals surface area contributed by atoms with E-state index in [4.69, 9.17) is 0 Å². The second kappa shape index (κ2) is 19.3. The van der Waals surface area contributed by atoms with Gasteiger partial charge in [0.1, 0.15) is 0 Å². The Bertz CT molecular complexity index is 1880. The Labute approximate surface area is 332 Å². The SMILES string of the molecule is CCCCCCCCn1c2ccc(Br)cc2c2cc(-c3ccc4c(c3)C(CCCCCCCC)(CCCCCCCC)c3cc(Br)ccc3-4)ccc21. The summed E-state index contributed by atoms with van der Waals surface area (Å²) in [4.78, 5) is 0. The topological polar surface area (TPSA) is 4.93 Å². The van der Waals surface area contributed by atoms with Gasteiger partial charge in [-0.25, -0.2) is 0 Å². The van der Waals surface area contributed by atoms with E-state index in [9.17, 15) is 0 Å². The Hall–Kier alpha value is -2.36. The molecule has 0 bridgehead atoms. The maximum absolute atomic E-state index is 3.91. The van der Waals surface area contributed by atoms with E-state index in [-0.39, 0.29) is 5.41 Å². The molecule has 0 saturated carbocycles. The highest BCUT2D eigenvalue weighted by Gasteiger charge is 2.42. The maximum Gasteiger partial charge on any atom is 0.0492 e. The van der Waals surface area contributed by atoms with Crippen molar-refractivity contribution in [2.75, 3.05) is 0 Å². The minimum Gasteiger partial charge on any atom is -0.340 e. The van der Waals surface area contributed by atoms with Gasteiger partial charge in [-0.05, 0) is 101 Å². The molecule has 1 aliphatic carbocycles. The molecule has 1 aromatic heterocycles. The molecule has 1 aliphatic rings. The molecule has 0 amide bonds. The molecule has 6 rings (SSSR count). The quantitative estimate of drug-likeness (QED) is 0.0613. The first-order valence-corrected chi connectivity index (χ1v) is 22.8. The van der Waals surface area contributed by atoms with Gasteiger partial charge in [-0.2, -0.15) is 0 Å². The molecular weight excluding hydrogens is 762 g/mol. The first kappa shape index (κ1) is 39.3. The zero-order valence-electron chi connectivity index (χ0n) is 32.5. The summed E-state index contributed by atoms with van der Waals surface area (Å²) in [5.74, 6) is 0. The molecule has 0 radical (unpaired) electrons. The maximum atomic E-state index is 3.91. The number of aryl methyl sites for hydroxylation is 1. The fourth-order valence-electron chi connectivity index (χ4n) is 9.27. The molecule has 3 heteroatoms. The summed E-state index contributed by atoms with van der Waals surface area (Å²) in [5, 5.41) is 2.73.